The van der Waals surface area contributed by atoms with Crippen LogP contribution in [0.4, 0.5) is 18.9 Å². The van der Waals surface area contributed by atoms with E-state index in [0.29, 0.717) is 0 Å². The van der Waals surface area contributed by atoms with Crippen molar-refractivity contribution in [2.24, 2.45) is 0 Å². The van der Waals surface area contributed by atoms with Gasteiger partial charge in [0, 0.05) is 17.7 Å². The highest BCUT2D eigenvalue weighted by Crippen LogP contribution is 2.38. The Hall–Kier alpha value is -1.65. The van der Waals surface area contributed by atoms with Gasteiger partial charge in [0.25, 0.3) is 5.69 Å². The minimum Gasteiger partial charge on any atom is -0.272 e. The molecule has 0 saturated heterocycles. The fourth-order valence-electron chi connectivity index (χ4n) is 1.54. The van der Waals surface area contributed by atoms with Crippen molar-refractivity contribution in [2.45, 2.75) is 6.18 Å². The average Bonchev–Trinajstić information content (AvgIpc) is 2.71. The average molecular weight is 383 g/mol. The van der Waals surface area contributed by atoms with E-state index in [4.69, 9.17) is 0 Å². The van der Waals surface area contributed by atoms with E-state index in [1.807, 2.05) is 5.10 Å². The molecule has 0 saturated carbocycles. The molecule has 0 aliphatic carbocycles. The van der Waals surface area contributed by atoms with Crippen LogP contribution < -0.4 is 0 Å². The van der Waals surface area contributed by atoms with Crippen LogP contribution in [-0.4, -0.2) is 15.1 Å². The summed E-state index contributed by atoms with van der Waals surface area (Å²) in [5, 5.41) is 16.0. The van der Waals surface area contributed by atoms with E-state index in [0.717, 1.165) is 12.1 Å². The fraction of sp³-hybridized carbons (Fsp3) is 0.100. The lowest BCUT2D eigenvalue weighted by atomic mass is 10.1. The first-order valence-corrected chi connectivity index (χ1v) is 5.94. The molecule has 0 aliphatic heterocycles. The van der Waals surface area contributed by atoms with Crippen molar-refractivity contribution >= 4 is 28.3 Å². The number of benzene rings is 1. The van der Waals surface area contributed by atoms with Gasteiger partial charge < -0.3 is 0 Å². The molecule has 2 rings (SSSR count). The molecule has 0 bridgehead atoms. The highest BCUT2D eigenvalue weighted by molar-refractivity contribution is 14.1. The van der Waals surface area contributed by atoms with Crippen LogP contribution in [0.5, 0.6) is 0 Å². The van der Waals surface area contributed by atoms with Crippen molar-refractivity contribution in [1.29, 1.82) is 0 Å². The number of rotatable bonds is 2. The van der Waals surface area contributed by atoms with E-state index < -0.39 is 16.8 Å². The Bertz CT molecular complexity index is 622. The number of halogens is 4. The zero-order chi connectivity index (χ0) is 14.2. The molecule has 0 unspecified atom stereocenters. The predicted molar refractivity (Wildman–Crippen MR) is 68.4 cm³/mol. The Morgan fingerprint density at radius 1 is 1.26 bits per heavy atom. The van der Waals surface area contributed by atoms with Crippen LogP contribution in [0.1, 0.15) is 5.69 Å². The van der Waals surface area contributed by atoms with E-state index in [1.165, 1.54) is 12.1 Å². The summed E-state index contributed by atoms with van der Waals surface area (Å²) >= 11 is 1.67. The van der Waals surface area contributed by atoms with E-state index in [9.17, 15) is 23.3 Å². The van der Waals surface area contributed by atoms with Gasteiger partial charge in [-0.15, -0.1) is 0 Å². The number of nitro benzene ring substituents is 1. The second-order valence-electron chi connectivity index (χ2n) is 3.57. The number of nitro groups is 1. The van der Waals surface area contributed by atoms with Crippen LogP contribution in [0.15, 0.2) is 24.3 Å². The van der Waals surface area contributed by atoms with Crippen LogP contribution in [0.2, 0.25) is 0 Å². The summed E-state index contributed by atoms with van der Waals surface area (Å²) in [7, 11) is 0. The van der Waals surface area contributed by atoms with Gasteiger partial charge in [0.15, 0.2) is 0 Å². The van der Waals surface area contributed by atoms with Gasteiger partial charge in [0.2, 0.25) is 0 Å². The van der Waals surface area contributed by atoms with E-state index in [1.54, 1.807) is 22.6 Å². The fourth-order valence-corrected chi connectivity index (χ4v) is 2.24. The van der Waals surface area contributed by atoms with Crippen molar-refractivity contribution in [3.8, 4) is 11.1 Å². The molecule has 0 fully saturated rings. The van der Waals surface area contributed by atoms with Gasteiger partial charge in [-0.25, -0.2) is 0 Å². The third-order valence-corrected chi connectivity index (χ3v) is 3.15. The summed E-state index contributed by atoms with van der Waals surface area (Å²) < 4.78 is 38.5. The summed E-state index contributed by atoms with van der Waals surface area (Å²) in [4.78, 5) is 9.88. The molecule has 1 aromatic carbocycles. The summed E-state index contributed by atoms with van der Waals surface area (Å²) in [6, 6.07) is 4.83. The monoisotopic (exact) mass is 383 g/mol. The van der Waals surface area contributed by atoms with Crippen molar-refractivity contribution < 1.29 is 18.1 Å². The molecule has 0 atom stereocenters. The molecule has 5 nitrogen and oxygen atoms in total. The SMILES string of the molecule is O=[N+]([O-])c1ccc(-c2c(I)n[nH]c2C(F)(F)F)cc1. The first-order valence-electron chi connectivity index (χ1n) is 4.86. The molecule has 1 aromatic heterocycles. The van der Waals surface area contributed by atoms with Crippen LogP contribution in [0.25, 0.3) is 11.1 Å². The topological polar surface area (TPSA) is 71.8 Å². The molecule has 0 spiro atoms. The normalized spacial score (nSPS) is 11.6. The van der Waals surface area contributed by atoms with E-state index >= 15 is 0 Å². The van der Waals surface area contributed by atoms with Crippen molar-refractivity contribution in [1.82, 2.24) is 10.2 Å². The van der Waals surface area contributed by atoms with E-state index in [-0.39, 0.29) is 20.5 Å². The van der Waals surface area contributed by atoms with Gasteiger partial charge in [0.1, 0.15) is 9.39 Å². The molecular formula is C10H5F3IN3O2. The molecule has 19 heavy (non-hydrogen) atoms. The standard InChI is InChI=1S/C10H5F3IN3O2/c11-10(12,13)8-7(9(14)16-15-8)5-1-3-6(4-2-5)17(18)19/h1-4H,(H,15,16). The highest BCUT2D eigenvalue weighted by atomic mass is 127. The quantitative estimate of drug-likeness (QED) is 0.489. The minimum absolute atomic E-state index is 0.108. The Balaban J connectivity index is 2.53. The molecular weight excluding hydrogens is 378 g/mol. The maximum Gasteiger partial charge on any atom is 0.433 e. The number of nitrogens with one attached hydrogen (secondary N) is 1. The number of hydrogen-bond acceptors (Lipinski definition) is 3. The Morgan fingerprint density at radius 3 is 2.32 bits per heavy atom. The molecule has 0 radical (unpaired) electrons. The number of non-ortho nitro benzene ring substituents is 1. The van der Waals surface area contributed by atoms with Gasteiger partial charge in [-0.3, -0.25) is 15.2 Å². The maximum atomic E-state index is 12.8. The van der Waals surface area contributed by atoms with Crippen LogP contribution in [0.3, 0.4) is 0 Å². The zero-order valence-electron chi connectivity index (χ0n) is 9.03. The van der Waals surface area contributed by atoms with Crippen molar-refractivity contribution in [3.05, 3.63) is 43.8 Å². The summed E-state index contributed by atoms with van der Waals surface area (Å²) in [6.07, 6.45) is -4.56. The lowest BCUT2D eigenvalue weighted by molar-refractivity contribution is -0.384. The Morgan fingerprint density at radius 2 is 1.84 bits per heavy atom. The first kappa shape index (κ1) is 13.8. The van der Waals surface area contributed by atoms with Crippen LogP contribution >= 0.6 is 22.6 Å². The third-order valence-electron chi connectivity index (χ3n) is 2.37. The third kappa shape index (κ3) is 2.69. The van der Waals surface area contributed by atoms with Gasteiger partial charge >= 0.3 is 6.18 Å². The Labute approximate surface area is 118 Å². The lowest BCUT2D eigenvalue weighted by Gasteiger charge is -2.07. The van der Waals surface area contributed by atoms with Gasteiger partial charge in [-0.05, 0) is 40.3 Å². The first-order chi connectivity index (χ1) is 8.80. The minimum atomic E-state index is -4.56. The summed E-state index contributed by atoms with van der Waals surface area (Å²) in [5.41, 5.74) is -1.04. The predicted octanol–water partition coefficient (Wildman–Crippen LogP) is 3.61. The van der Waals surface area contributed by atoms with Gasteiger partial charge in [-0.1, -0.05) is 0 Å². The van der Waals surface area contributed by atoms with E-state index in [2.05, 4.69) is 5.10 Å². The number of nitrogens with zero attached hydrogens (tertiary/aromatic N) is 2. The van der Waals surface area contributed by atoms with Crippen molar-refractivity contribution in [3.63, 3.8) is 0 Å². The molecule has 1 N–H and O–H groups in total. The summed E-state index contributed by atoms with van der Waals surface area (Å²) in [5.74, 6) is 0. The lowest BCUT2D eigenvalue weighted by Crippen LogP contribution is -2.07. The maximum absolute atomic E-state index is 12.8. The van der Waals surface area contributed by atoms with Crippen LogP contribution in [-0.2, 0) is 6.18 Å². The molecule has 100 valence electrons. The van der Waals surface area contributed by atoms with Crippen LogP contribution in [0, 0.1) is 13.8 Å². The zero-order valence-corrected chi connectivity index (χ0v) is 11.2. The summed E-state index contributed by atoms with van der Waals surface area (Å²) in [6.45, 7) is 0. The number of alkyl halides is 3. The van der Waals surface area contributed by atoms with Crippen molar-refractivity contribution in [2.75, 3.05) is 0 Å². The number of H-pyrrole nitrogens is 1. The number of aromatic nitrogens is 2. The Kier molecular flexibility index (Phi) is 3.47. The largest absolute Gasteiger partial charge is 0.433 e. The smallest absolute Gasteiger partial charge is 0.272 e. The number of aromatic amines is 1. The molecule has 9 heteroatoms. The number of hydrogen-bond donors (Lipinski definition) is 1. The highest BCUT2D eigenvalue weighted by Gasteiger charge is 2.37. The molecule has 1 heterocycles. The molecule has 0 amide bonds. The van der Waals surface area contributed by atoms with Gasteiger partial charge in [0.05, 0.1) is 4.92 Å². The molecule has 2 aromatic rings. The second kappa shape index (κ2) is 4.79. The second-order valence-corrected chi connectivity index (χ2v) is 4.59. The molecule has 0 aliphatic rings. The van der Waals surface area contributed by atoms with Gasteiger partial charge in [-0.2, -0.15) is 18.3 Å².